The molecule has 0 aromatic heterocycles. The van der Waals surface area contributed by atoms with E-state index in [2.05, 4.69) is 5.32 Å². The summed E-state index contributed by atoms with van der Waals surface area (Å²) in [5.74, 6) is -0.205. The van der Waals surface area contributed by atoms with Gasteiger partial charge in [0.15, 0.2) is 6.04 Å². The van der Waals surface area contributed by atoms with Gasteiger partial charge in [-0.2, -0.15) is 0 Å². The number of hydrogen-bond acceptors (Lipinski definition) is 3. The molecule has 0 radical (unpaired) electrons. The average Bonchev–Trinajstić information content (AvgIpc) is 2.61. The number of quaternary nitrogens is 1. The zero-order valence-corrected chi connectivity index (χ0v) is 17.4. The normalized spacial score (nSPS) is 14.0. The summed E-state index contributed by atoms with van der Waals surface area (Å²) < 4.78 is 25.6. The van der Waals surface area contributed by atoms with Gasteiger partial charge in [-0.1, -0.05) is 29.8 Å². The highest BCUT2D eigenvalue weighted by molar-refractivity contribution is 7.89. The molecule has 2 aromatic rings. The number of nitrogens with two attached hydrogens (primary N) is 1. The van der Waals surface area contributed by atoms with Gasteiger partial charge in [0, 0.05) is 30.4 Å². The van der Waals surface area contributed by atoms with E-state index in [1.54, 1.807) is 19.1 Å². The van der Waals surface area contributed by atoms with Crippen LogP contribution in [-0.4, -0.2) is 38.8 Å². The maximum absolute atomic E-state index is 12.5. The monoisotopic (exact) mass is 410 g/mol. The second kappa shape index (κ2) is 8.84. The first-order chi connectivity index (χ1) is 12.6. The number of halogens is 1. The molecule has 0 heterocycles. The number of carbonyl (C=O) groups excluding carboxylic acids is 1. The summed E-state index contributed by atoms with van der Waals surface area (Å²) >= 11 is 6.02. The van der Waals surface area contributed by atoms with Crippen LogP contribution >= 0.6 is 11.6 Å². The summed E-state index contributed by atoms with van der Waals surface area (Å²) in [6.07, 6.45) is 0. The van der Waals surface area contributed by atoms with Crippen LogP contribution in [0, 0.1) is 0 Å². The number of sulfonamides is 1. The van der Waals surface area contributed by atoms with E-state index in [-0.39, 0.29) is 22.9 Å². The molecule has 2 atom stereocenters. The standard InChI is InChI=1S/C19H24ClN3O3S/c1-13(15-7-5-8-16(20)11-15)21-14(2)19(24)22-17-9-6-10-18(12-17)27(25,26)23(3)4/h5-14,21H,1-4H3,(H,22,24)/p+1/t13-,14-/m1/s1. The van der Waals surface area contributed by atoms with E-state index in [1.807, 2.05) is 36.5 Å². The second-order valence-electron chi connectivity index (χ2n) is 6.63. The number of amides is 1. The quantitative estimate of drug-likeness (QED) is 0.734. The molecule has 27 heavy (non-hydrogen) atoms. The van der Waals surface area contributed by atoms with Gasteiger partial charge in [0.1, 0.15) is 6.04 Å². The van der Waals surface area contributed by atoms with Crippen molar-refractivity contribution in [2.75, 3.05) is 19.4 Å². The minimum Gasteiger partial charge on any atom is -0.330 e. The summed E-state index contributed by atoms with van der Waals surface area (Å²) in [4.78, 5) is 12.6. The van der Waals surface area contributed by atoms with E-state index in [0.717, 1.165) is 9.87 Å². The molecule has 6 nitrogen and oxygen atoms in total. The molecule has 146 valence electrons. The van der Waals surface area contributed by atoms with E-state index in [4.69, 9.17) is 11.6 Å². The summed E-state index contributed by atoms with van der Waals surface area (Å²) in [7, 11) is -0.619. The lowest BCUT2D eigenvalue weighted by Crippen LogP contribution is -2.91. The molecule has 0 bridgehead atoms. The third kappa shape index (κ3) is 5.52. The number of carbonyl (C=O) groups is 1. The first-order valence-electron chi connectivity index (χ1n) is 8.55. The minimum atomic E-state index is -3.55. The van der Waals surface area contributed by atoms with Crippen molar-refractivity contribution in [3.63, 3.8) is 0 Å². The third-order valence-corrected chi connectivity index (χ3v) is 6.29. The molecule has 0 saturated carbocycles. The zero-order valence-electron chi connectivity index (χ0n) is 15.8. The molecule has 0 spiro atoms. The molecule has 8 heteroatoms. The Balaban J connectivity index is 2.06. The van der Waals surface area contributed by atoms with Crippen LogP contribution in [0.25, 0.3) is 0 Å². The largest absolute Gasteiger partial charge is 0.330 e. The number of nitrogens with one attached hydrogen (secondary N) is 1. The molecule has 0 unspecified atom stereocenters. The van der Waals surface area contributed by atoms with Crippen molar-refractivity contribution >= 4 is 33.2 Å². The van der Waals surface area contributed by atoms with Crippen molar-refractivity contribution in [2.45, 2.75) is 30.8 Å². The Labute approximate surface area is 165 Å². The van der Waals surface area contributed by atoms with E-state index < -0.39 is 10.0 Å². The van der Waals surface area contributed by atoms with Gasteiger partial charge in [0.2, 0.25) is 10.0 Å². The summed E-state index contributed by atoms with van der Waals surface area (Å²) in [5, 5.41) is 5.37. The zero-order chi connectivity index (χ0) is 20.2. The van der Waals surface area contributed by atoms with E-state index >= 15 is 0 Å². The highest BCUT2D eigenvalue weighted by atomic mass is 35.5. The van der Waals surface area contributed by atoms with Crippen molar-refractivity contribution in [1.82, 2.24) is 4.31 Å². The number of hydrogen-bond donors (Lipinski definition) is 2. The van der Waals surface area contributed by atoms with Crippen molar-refractivity contribution in [2.24, 2.45) is 0 Å². The van der Waals surface area contributed by atoms with E-state index in [0.29, 0.717) is 10.7 Å². The van der Waals surface area contributed by atoms with E-state index in [1.165, 1.54) is 26.2 Å². The molecule has 1 amide bonds. The van der Waals surface area contributed by atoms with Gasteiger partial charge in [-0.15, -0.1) is 0 Å². The van der Waals surface area contributed by atoms with Crippen molar-refractivity contribution in [3.05, 3.63) is 59.1 Å². The SMILES string of the molecule is C[C@@H]([NH2+][C@H](C)c1cccc(Cl)c1)C(=O)Nc1cccc(S(=O)(=O)N(C)C)c1. The second-order valence-corrected chi connectivity index (χ2v) is 9.22. The predicted molar refractivity (Wildman–Crippen MR) is 107 cm³/mol. The fourth-order valence-corrected chi connectivity index (χ4v) is 3.77. The Bertz CT molecular complexity index is 916. The minimum absolute atomic E-state index is 0.0462. The lowest BCUT2D eigenvalue weighted by molar-refractivity contribution is -0.709. The molecule has 0 aliphatic carbocycles. The van der Waals surface area contributed by atoms with Crippen molar-refractivity contribution in [3.8, 4) is 0 Å². The highest BCUT2D eigenvalue weighted by Crippen LogP contribution is 2.18. The van der Waals surface area contributed by atoms with Crippen LogP contribution in [0.15, 0.2) is 53.4 Å². The molecule has 0 aliphatic heterocycles. The third-order valence-electron chi connectivity index (χ3n) is 4.25. The fraction of sp³-hybridized carbons (Fsp3) is 0.316. The van der Waals surface area contributed by atoms with Crippen LogP contribution in [0.1, 0.15) is 25.5 Å². The Morgan fingerprint density at radius 1 is 1.11 bits per heavy atom. The van der Waals surface area contributed by atoms with Crippen LogP contribution in [0.2, 0.25) is 5.02 Å². The summed E-state index contributed by atoms with van der Waals surface area (Å²) in [6.45, 7) is 3.80. The summed E-state index contributed by atoms with van der Waals surface area (Å²) in [5.41, 5.74) is 1.47. The number of rotatable bonds is 7. The average molecular weight is 411 g/mol. The Kier molecular flexibility index (Phi) is 7.00. The van der Waals surface area contributed by atoms with Gasteiger partial charge < -0.3 is 10.6 Å². The molecular formula is C19H25ClN3O3S+. The van der Waals surface area contributed by atoms with Crippen LogP contribution in [0.4, 0.5) is 5.69 Å². The first kappa shape index (κ1) is 21.4. The molecule has 0 saturated heterocycles. The van der Waals surface area contributed by atoms with E-state index in [9.17, 15) is 13.2 Å². The van der Waals surface area contributed by atoms with Gasteiger partial charge in [0.05, 0.1) is 4.90 Å². The Morgan fingerprint density at radius 2 is 1.78 bits per heavy atom. The smallest absolute Gasteiger partial charge is 0.282 e. The maximum Gasteiger partial charge on any atom is 0.282 e. The Morgan fingerprint density at radius 3 is 2.41 bits per heavy atom. The van der Waals surface area contributed by atoms with Gasteiger partial charge >= 0.3 is 0 Å². The number of nitrogens with zero attached hydrogens (tertiary/aromatic N) is 1. The molecule has 0 fully saturated rings. The Hall–Kier alpha value is -1.93. The van der Waals surface area contributed by atoms with Crippen LogP contribution in [0.5, 0.6) is 0 Å². The molecule has 3 N–H and O–H groups in total. The fourth-order valence-electron chi connectivity index (χ4n) is 2.62. The highest BCUT2D eigenvalue weighted by Gasteiger charge is 2.22. The molecule has 0 aliphatic rings. The predicted octanol–water partition coefficient (Wildman–Crippen LogP) is 2.24. The number of benzene rings is 2. The van der Waals surface area contributed by atoms with Gasteiger partial charge in [-0.05, 0) is 44.2 Å². The maximum atomic E-state index is 12.5. The molecular weight excluding hydrogens is 386 g/mol. The number of anilines is 1. The van der Waals surface area contributed by atoms with Crippen molar-refractivity contribution < 1.29 is 18.5 Å². The molecule has 2 rings (SSSR count). The lowest BCUT2D eigenvalue weighted by Gasteiger charge is -2.17. The van der Waals surface area contributed by atoms with Gasteiger partial charge in [-0.25, -0.2) is 12.7 Å². The summed E-state index contributed by atoms with van der Waals surface area (Å²) in [6, 6.07) is 13.4. The van der Waals surface area contributed by atoms with Crippen LogP contribution in [-0.2, 0) is 14.8 Å². The topological polar surface area (TPSA) is 83.1 Å². The van der Waals surface area contributed by atoms with Crippen molar-refractivity contribution in [1.29, 1.82) is 0 Å². The first-order valence-corrected chi connectivity index (χ1v) is 10.4. The molecule has 2 aromatic carbocycles. The van der Waals surface area contributed by atoms with Crippen LogP contribution in [0.3, 0.4) is 0 Å². The van der Waals surface area contributed by atoms with Gasteiger partial charge in [0.25, 0.3) is 5.91 Å². The van der Waals surface area contributed by atoms with Crippen LogP contribution < -0.4 is 10.6 Å². The lowest BCUT2D eigenvalue weighted by atomic mass is 10.1. The van der Waals surface area contributed by atoms with Gasteiger partial charge in [-0.3, -0.25) is 4.79 Å².